The molecule has 0 spiro atoms. The normalized spacial score (nSPS) is 26.5. The second kappa shape index (κ2) is 5.16. The second-order valence-corrected chi connectivity index (χ2v) is 5.39. The van der Waals surface area contributed by atoms with Crippen LogP contribution in [0.15, 0.2) is 24.3 Å². The van der Waals surface area contributed by atoms with Crippen LogP contribution in [-0.2, 0) is 5.33 Å². The summed E-state index contributed by atoms with van der Waals surface area (Å²) in [6, 6.07) is 9.14. The van der Waals surface area contributed by atoms with Crippen LogP contribution in [0.1, 0.15) is 49.7 Å². The lowest BCUT2D eigenvalue weighted by atomic mass is 9.79. The van der Waals surface area contributed by atoms with Crippen molar-refractivity contribution >= 4 is 15.9 Å². The van der Waals surface area contributed by atoms with Gasteiger partial charge in [0.2, 0.25) is 0 Å². The minimum absolute atomic E-state index is 0.825. The van der Waals surface area contributed by atoms with Gasteiger partial charge in [-0.15, -0.1) is 0 Å². The first-order chi connectivity index (χ1) is 7.29. The topological polar surface area (TPSA) is 0 Å². The van der Waals surface area contributed by atoms with Crippen LogP contribution >= 0.6 is 15.9 Å². The number of halogens is 1. The van der Waals surface area contributed by atoms with E-state index in [1.165, 1.54) is 31.2 Å². The Hall–Kier alpha value is -0.300. The summed E-state index contributed by atoms with van der Waals surface area (Å²) < 4.78 is 0. The molecule has 82 valence electrons. The summed E-state index contributed by atoms with van der Waals surface area (Å²) in [5.41, 5.74) is 2.93. The van der Waals surface area contributed by atoms with E-state index in [2.05, 4.69) is 47.1 Å². The molecule has 1 aliphatic carbocycles. The van der Waals surface area contributed by atoms with Crippen LogP contribution in [0.3, 0.4) is 0 Å². The zero-order chi connectivity index (χ0) is 10.7. The van der Waals surface area contributed by atoms with E-state index in [0.717, 1.165) is 17.2 Å². The van der Waals surface area contributed by atoms with Crippen molar-refractivity contribution < 1.29 is 0 Å². The van der Waals surface area contributed by atoms with Crippen molar-refractivity contribution in [2.75, 3.05) is 0 Å². The van der Waals surface area contributed by atoms with Gasteiger partial charge in [-0.1, -0.05) is 60.0 Å². The van der Waals surface area contributed by atoms with Crippen molar-refractivity contribution in [1.29, 1.82) is 0 Å². The number of rotatable bonds is 2. The Kier molecular flexibility index (Phi) is 3.85. The molecular formula is C14H19Br. The van der Waals surface area contributed by atoms with Crippen LogP contribution in [0.4, 0.5) is 0 Å². The zero-order valence-electron chi connectivity index (χ0n) is 9.38. The van der Waals surface area contributed by atoms with Crippen LogP contribution in [0.2, 0.25) is 0 Å². The molecule has 2 rings (SSSR count). The fourth-order valence-corrected chi connectivity index (χ4v) is 2.85. The Labute approximate surface area is 101 Å². The fraction of sp³-hybridized carbons (Fsp3) is 0.571. The average molecular weight is 267 g/mol. The Morgan fingerprint density at radius 3 is 2.20 bits per heavy atom. The summed E-state index contributed by atoms with van der Waals surface area (Å²) in [5.74, 6) is 1.77. The molecule has 0 aromatic heterocycles. The van der Waals surface area contributed by atoms with Gasteiger partial charge in [0.05, 0.1) is 0 Å². The lowest BCUT2D eigenvalue weighted by Gasteiger charge is -2.26. The molecule has 0 atom stereocenters. The van der Waals surface area contributed by atoms with Gasteiger partial charge in [-0.2, -0.15) is 0 Å². The van der Waals surface area contributed by atoms with Crippen molar-refractivity contribution in [3.63, 3.8) is 0 Å². The molecule has 1 aliphatic rings. The first-order valence-corrected chi connectivity index (χ1v) is 7.06. The lowest BCUT2D eigenvalue weighted by molar-refractivity contribution is 0.348. The van der Waals surface area contributed by atoms with E-state index < -0.39 is 0 Å². The van der Waals surface area contributed by atoms with Crippen LogP contribution in [0, 0.1) is 5.92 Å². The van der Waals surface area contributed by atoms with Crippen molar-refractivity contribution in [3.05, 3.63) is 35.4 Å². The van der Waals surface area contributed by atoms with Crippen LogP contribution in [0.5, 0.6) is 0 Å². The van der Waals surface area contributed by atoms with Crippen molar-refractivity contribution in [2.24, 2.45) is 5.92 Å². The maximum Gasteiger partial charge on any atom is 0.0283 e. The maximum atomic E-state index is 3.49. The van der Waals surface area contributed by atoms with Crippen LogP contribution in [-0.4, -0.2) is 0 Å². The van der Waals surface area contributed by atoms with Gasteiger partial charge in [-0.05, 0) is 35.8 Å². The third-order valence-electron chi connectivity index (χ3n) is 3.62. The fourth-order valence-electron chi connectivity index (χ4n) is 2.47. The largest absolute Gasteiger partial charge is 0.0876 e. The van der Waals surface area contributed by atoms with Gasteiger partial charge in [0.15, 0.2) is 0 Å². The molecule has 0 N–H and O–H groups in total. The number of alkyl halides is 1. The van der Waals surface area contributed by atoms with Gasteiger partial charge >= 0.3 is 0 Å². The molecule has 0 heterocycles. The first kappa shape index (κ1) is 11.2. The third kappa shape index (κ3) is 2.84. The quantitative estimate of drug-likeness (QED) is 0.670. The van der Waals surface area contributed by atoms with Crippen molar-refractivity contribution in [3.8, 4) is 0 Å². The summed E-state index contributed by atoms with van der Waals surface area (Å²) >= 11 is 3.49. The molecule has 1 aromatic rings. The maximum absolute atomic E-state index is 3.49. The molecule has 0 saturated heterocycles. The van der Waals surface area contributed by atoms with E-state index in [1.54, 1.807) is 5.56 Å². The Morgan fingerprint density at radius 1 is 1.07 bits per heavy atom. The lowest BCUT2D eigenvalue weighted by Crippen LogP contribution is -2.10. The van der Waals surface area contributed by atoms with E-state index in [9.17, 15) is 0 Å². The molecule has 0 bridgehead atoms. The molecule has 0 nitrogen and oxygen atoms in total. The van der Waals surface area contributed by atoms with Gasteiger partial charge in [0, 0.05) is 5.33 Å². The molecule has 1 aromatic carbocycles. The zero-order valence-corrected chi connectivity index (χ0v) is 11.0. The van der Waals surface area contributed by atoms with Gasteiger partial charge < -0.3 is 0 Å². The Balaban J connectivity index is 2.03. The molecule has 0 aliphatic heterocycles. The van der Waals surface area contributed by atoms with Crippen LogP contribution < -0.4 is 0 Å². The third-order valence-corrected chi connectivity index (χ3v) is 4.27. The van der Waals surface area contributed by atoms with Crippen molar-refractivity contribution in [2.45, 2.75) is 43.9 Å². The second-order valence-electron chi connectivity index (χ2n) is 4.83. The number of hydrogen-bond acceptors (Lipinski definition) is 0. The van der Waals surface area contributed by atoms with Gasteiger partial charge in [-0.3, -0.25) is 0 Å². The van der Waals surface area contributed by atoms with Gasteiger partial charge in [0.25, 0.3) is 0 Å². The Morgan fingerprint density at radius 2 is 1.67 bits per heavy atom. The summed E-state index contributed by atoms with van der Waals surface area (Å²) in [4.78, 5) is 0. The smallest absolute Gasteiger partial charge is 0.0283 e. The molecule has 0 amide bonds. The monoisotopic (exact) mass is 266 g/mol. The summed E-state index contributed by atoms with van der Waals surface area (Å²) in [7, 11) is 0. The van der Waals surface area contributed by atoms with E-state index in [-0.39, 0.29) is 0 Å². The summed E-state index contributed by atoms with van der Waals surface area (Å²) in [5, 5.41) is 0.967. The minimum atomic E-state index is 0.825. The highest BCUT2D eigenvalue weighted by molar-refractivity contribution is 9.08. The summed E-state index contributed by atoms with van der Waals surface area (Å²) in [6.45, 7) is 2.38. The van der Waals surface area contributed by atoms with Gasteiger partial charge in [-0.25, -0.2) is 0 Å². The molecule has 15 heavy (non-hydrogen) atoms. The summed E-state index contributed by atoms with van der Waals surface area (Å²) in [6.07, 6.45) is 5.58. The standard InChI is InChI=1S/C14H19Br/c1-11-2-6-13(7-3-11)14-8-4-12(10-15)5-9-14/h4-5,8-9,11,13H,2-3,6-7,10H2,1H3. The predicted molar refractivity (Wildman–Crippen MR) is 69.4 cm³/mol. The number of benzene rings is 1. The van der Waals surface area contributed by atoms with E-state index in [4.69, 9.17) is 0 Å². The SMILES string of the molecule is CC1CCC(c2ccc(CBr)cc2)CC1. The first-order valence-electron chi connectivity index (χ1n) is 5.94. The molecule has 0 radical (unpaired) electrons. The average Bonchev–Trinajstić information content (AvgIpc) is 2.30. The van der Waals surface area contributed by atoms with Gasteiger partial charge in [0.1, 0.15) is 0 Å². The molecule has 1 saturated carbocycles. The highest BCUT2D eigenvalue weighted by Crippen LogP contribution is 2.35. The van der Waals surface area contributed by atoms with E-state index >= 15 is 0 Å². The molecule has 1 heteroatoms. The number of hydrogen-bond donors (Lipinski definition) is 0. The predicted octanol–water partition coefficient (Wildman–Crippen LogP) is 4.88. The van der Waals surface area contributed by atoms with E-state index in [1.807, 2.05) is 0 Å². The van der Waals surface area contributed by atoms with E-state index in [0.29, 0.717) is 0 Å². The minimum Gasteiger partial charge on any atom is -0.0876 e. The highest BCUT2D eigenvalue weighted by atomic mass is 79.9. The van der Waals surface area contributed by atoms with Crippen molar-refractivity contribution in [1.82, 2.24) is 0 Å². The van der Waals surface area contributed by atoms with Crippen LogP contribution in [0.25, 0.3) is 0 Å². The highest BCUT2D eigenvalue weighted by Gasteiger charge is 2.19. The molecular weight excluding hydrogens is 248 g/mol. The Bertz CT molecular complexity index is 294. The molecule has 0 unspecified atom stereocenters. The molecule has 1 fully saturated rings.